The first-order valence-corrected chi connectivity index (χ1v) is 14.6. The van der Waals surface area contributed by atoms with E-state index in [1.807, 2.05) is 27.7 Å². The Bertz CT molecular complexity index is 1640. The third-order valence-electron chi connectivity index (χ3n) is 7.80. The number of hydrogen-bond donors (Lipinski definition) is 1. The quantitative estimate of drug-likeness (QED) is 0.265. The summed E-state index contributed by atoms with van der Waals surface area (Å²) in [6.45, 7) is 13.2. The summed E-state index contributed by atoms with van der Waals surface area (Å²) < 4.78 is 16.5. The van der Waals surface area contributed by atoms with Crippen molar-refractivity contribution in [3.05, 3.63) is 63.0 Å². The van der Waals surface area contributed by atoms with Crippen molar-refractivity contribution in [2.24, 2.45) is 5.92 Å². The van der Waals surface area contributed by atoms with Gasteiger partial charge in [-0.05, 0) is 55.7 Å². The molecule has 1 aromatic carbocycles. The minimum atomic E-state index is -0.489. The first-order chi connectivity index (χ1) is 19.5. The van der Waals surface area contributed by atoms with Crippen molar-refractivity contribution in [1.29, 1.82) is 0 Å². The number of hydrogen-bond acceptors (Lipinski definition) is 7. The molecule has 4 aromatic rings. The molecule has 0 aliphatic carbocycles. The summed E-state index contributed by atoms with van der Waals surface area (Å²) in [5.41, 5.74) is 2.30. The molecule has 0 unspecified atom stereocenters. The highest BCUT2D eigenvalue weighted by molar-refractivity contribution is 6.33. The van der Waals surface area contributed by atoms with Crippen LogP contribution in [0.3, 0.4) is 0 Å². The van der Waals surface area contributed by atoms with Crippen LogP contribution in [-0.4, -0.2) is 44.1 Å². The van der Waals surface area contributed by atoms with Gasteiger partial charge in [-0.25, -0.2) is 28.7 Å². The molecule has 3 aromatic heterocycles. The number of anilines is 2. The molecule has 0 radical (unpaired) electrons. The Labute approximate surface area is 245 Å². The number of pyridine rings is 1. The van der Waals surface area contributed by atoms with Crippen LogP contribution in [0.1, 0.15) is 77.6 Å². The number of nitrogens with zero attached hydrogens (tertiary/aromatic N) is 6. The fourth-order valence-corrected chi connectivity index (χ4v) is 5.84. The molecule has 41 heavy (non-hydrogen) atoms. The van der Waals surface area contributed by atoms with Gasteiger partial charge in [-0.3, -0.25) is 0 Å². The third kappa shape index (κ3) is 5.27. The molecule has 0 saturated carbocycles. The smallest absolute Gasteiger partial charge is 0.355 e. The van der Waals surface area contributed by atoms with Crippen molar-refractivity contribution in [2.45, 2.75) is 72.3 Å². The van der Waals surface area contributed by atoms with Gasteiger partial charge in [-0.15, -0.1) is 0 Å². The van der Waals surface area contributed by atoms with Crippen LogP contribution in [0.15, 0.2) is 35.1 Å². The summed E-state index contributed by atoms with van der Waals surface area (Å²) >= 11 is 6.83. The molecule has 10 heteroatoms. The lowest BCUT2D eigenvalue weighted by atomic mass is 9.95. The molecule has 0 amide bonds. The molecule has 1 N–H and O–H groups in total. The predicted octanol–water partition coefficient (Wildman–Crippen LogP) is 6.94. The van der Waals surface area contributed by atoms with Gasteiger partial charge in [-0.2, -0.15) is 4.98 Å². The maximum Gasteiger partial charge on any atom is 0.355 e. The molecule has 1 aliphatic heterocycles. The number of halogens is 2. The lowest BCUT2D eigenvalue weighted by Gasteiger charge is -2.38. The Morgan fingerprint density at radius 3 is 2.27 bits per heavy atom. The largest absolute Gasteiger partial charge is 0.357 e. The molecule has 8 nitrogen and oxygen atoms in total. The molecule has 1 aliphatic rings. The highest BCUT2D eigenvalue weighted by Crippen LogP contribution is 2.38. The summed E-state index contributed by atoms with van der Waals surface area (Å²) in [5, 5.41) is 3.95. The van der Waals surface area contributed by atoms with E-state index in [9.17, 15) is 4.79 Å². The maximum atomic E-state index is 15.0. The Balaban J connectivity index is 1.94. The minimum absolute atomic E-state index is 0.0412. The number of fused-ring (bicyclic) bond motifs is 1. The highest BCUT2D eigenvalue weighted by Gasteiger charge is 2.30. The van der Waals surface area contributed by atoms with Crippen LogP contribution >= 0.6 is 11.6 Å². The van der Waals surface area contributed by atoms with Gasteiger partial charge in [0.05, 0.1) is 33.2 Å². The molecule has 1 saturated heterocycles. The molecule has 5 rings (SSSR count). The minimum Gasteiger partial charge on any atom is -0.357 e. The van der Waals surface area contributed by atoms with Gasteiger partial charge in [-0.1, -0.05) is 58.4 Å². The van der Waals surface area contributed by atoms with E-state index in [0.29, 0.717) is 45.8 Å². The van der Waals surface area contributed by atoms with Crippen LogP contribution in [0.4, 0.5) is 16.2 Å². The topological polar surface area (TPSA) is 88.8 Å². The highest BCUT2D eigenvalue weighted by atomic mass is 35.5. The summed E-state index contributed by atoms with van der Waals surface area (Å²) in [6.07, 6.45) is 2.09. The number of piperidine rings is 1. The summed E-state index contributed by atoms with van der Waals surface area (Å²) in [7, 11) is 1.77. The zero-order chi connectivity index (χ0) is 29.6. The molecule has 0 spiro atoms. The first kappa shape index (κ1) is 28.9. The summed E-state index contributed by atoms with van der Waals surface area (Å²) in [6, 6.07) is 8.31. The molecular formula is C31H37ClFN7O. The van der Waals surface area contributed by atoms with Crippen molar-refractivity contribution < 1.29 is 4.39 Å². The fraction of sp³-hybridized carbons (Fsp3) is 0.452. The monoisotopic (exact) mass is 577 g/mol. The normalized spacial score (nSPS) is 17.6. The van der Waals surface area contributed by atoms with Gasteiger partial charge < -0.3 is 10.2 Å². The van der Waals surface area contributed by atoms with Crippen molar-refractivity contribution in [3.63, 3.8) is 0 Å². The Kier molecular flexibility index (Phi) is 8.01. The van der Waals surface area contributed by atoms with Crippen molar-refractivity contribution in [2.75, 3.05) is 23.8 Å². The van der Waals surface area contributed by atoms with Crippen molar-refractivity contribution in [3.8, 4) is 16.9 Å². The molecule has 2 atom stereocenters. The zero-order valence-corrected chi connectivity index (χ0v) is 25.4. The number of rotatable bonds is 6. The molecule has 0 bridgehead atoms. The predicted molar refractivity (Wildman–Crippen MR) is 164 cm³/mol. The van der Waals surface area contributed by atoms with E-state index in [0.717, 1.165) is 19.4 Å². The SMILES string of the molecule is CNc1nc(C(C)C)c(-n2c(=O)nc(N3C[C@@H](C)CC[C@@H]3C)c3cc(Cl)c(-c4ccccc4F)nc32)c(C(C)C)n1. The molecule has 4 heterocycles. The Morgan fingerprint density at radius 2 is 1.66 bits per heavy atom. The van der Waals surface area contributed by atoms with E-state index < -0.39 is 11.5 Å². The van der Waals surface area contributed by atoms with Crippen LogP contribution < -0.4 is 15.9 Å². The number of benzene rings is 1. The van der Waals surface area contributed by atoms with Gasteiger partial charge in [0.1, 0.15) is 11.6 Å². The van der Waals surface area contributed by atoms with E-state index in [1.54, 1.807) is 31.3 Å². The van der Waals surface area contributed by atoms with Gasteiger partial charge in [0.2, 0.25) is 5.95 Å². The fourth-order valence-electron chi connectivity index (χ4n) is 5.59. The summed E-state index contributed by atoms with van der Waals surface area (Å²) in [4.78, 5) is 35.5. The van der Waals surface area contributed by atoms with Crippen LogP contribution in [0.25, 0.3) is 28.0 Å². The second kappa shape index (κ2) is 11.4. The van der Waals surface area contributed by atoms with E-state index in [1.165, 1.54) is 10.6 Å². The lowest BCUT2D eigenvalue weighted by Crippen LogP contribution is -2.43. The number of nitrogens with one attached hydrogen (secondary N) is 1. The van der Waals surface area contributed by atoms with Gasteiger partial charge in [0, 0.05) is 25.2 Å². The van der Waals surface area contributed by atoms with Crippen molar-refractivity contribution in [1.82, 2.24) is 24.5 Å². The van der Waals surface area contributed by atoms with Gasteiger partial charge in [0.25, 0.3) is 0 Å². The van der Waals surface area contributed by atoms with E-state index in [4.69, 9.17) is 26.6 Å². The average Bonchev–Trinajstić information content (AvgIpc) is 2.93. The summed E-state index contributed by atoms with van der Waals surface area (Å²) in [5.74, 6) is 0.924. The lowest BCUT2D eigenvalue weighted by molar-refractivity contribution is 0.388. The first-order valence-electron chi connectivity index (χ1n) is 14.3. The van der Waals surface area contributed by atoms with E-state index in [-0.39, 0.29) is 34.2 Å². The van der Waals surface area contributed by atoms with Crippen LogP contribution in [0.2, 0.25) is 5.02 Å². The van der Waals surface area contributed by atoms with E-state index >= 15 is 4.39 Å². The Hall–Kier alpha value is -3.59. The van der Waals surface area contributed by atoms with Gasteiger partial charge in [0.15, 0.2) is 5.65 Å². The van der Waals surface area contributed by atoms with Crippen LogP contribution in [-0.2, 0) is 0 Å². The molecular weight excluding hydrogens is 541 g/mol. The van der Waals surface area contributed by atoms with E-state index in [2.05, 4.69) is 29.0 Å². The Morgan fingerprint density at radius 1 is 1.00 bits per heavy atom. The second-order valence-corrected chi connectivity index (χ2v) is 12.0. The van der Waals surface area contributed by atoms with Gasteiger partial charge >= 0.3 is 5.69 Å². The molecule has 1 fully saturated rings. The third-order valence-corrected chi connectivity index (χ3v) is 8.09. The van der Waals surface area contributed by atoms with Crippen LogP contribution in [0, 0.1) is 11.7 Å². The second-order valence-electron chi connectivity index (χ2n) is 11.6. The van der Waals surface area contributed by atoms with Crippen molar-refractivity contribution >= 4 is 34.4 Å². The number of aromatic nitrogens is 5. The standard InChI is InChI=1S/C31H37ClFN7O/c1-16(2)24-27(25(17(3)4)37-30(34-7)36-24)40-29-21(14-22(32)26(35-29)20-10-8-9-11-23(20)33)28(38-31(40)41)39-15-18(5)12-13-19(39)6/h8-11,14,16-19H,12-13,15H2,1-7H3,(H,34,36,37)/t18-,19-/m0/s1. The maximum absolute atomic E-state index is 15.0. The average molecular weight is 578 g/mol. The molecule has 216 valence electrons. The van der Waals surface area contributed by atoms with Crippen LogP contribution in [0.5, 0.6) is 0 Å². The zero-order valence-electron chi connectivity index (χ0n) is 24.7.